The lowest BCUT2D eigenvalue weighted by molar-refractivity contribution is -0.119. The average Bonchev–Trinajstić information content (AvgIpc) is 3.42. The molecular weight excluding hydrogens is 414 g/mol. The van der Waals surface area contributed by atoms with Gasteiger partial charge in [0.05, 0.1) is 17.4 Å². The highest BCUT2D eigenvalue weighted by atomic mass is 32.2. The Morgan fingerprint density at radius 3 is 2.97 bits per heavy atom. The number of H-pyrrole nitrogens is 1. The van der Waals surface area contributed by atoms with E-state index in [1.807, 2.05) is 42.5 Å². The van der Waals surface area contributed by atoms with E-state index < -0.39 is 11.9 Å². The van der Waals surface area contributed by atoms with Crippen LogP contribution in [0.3, 0.4) is 0 Å². The van der Waals surface area contributed by atoms with Gasteiger partial charge in [-0.15, -0.1) is 11.8 Å². The van der Waals surface area contributed by atoms with Gasteiger partial charge in [-0.25, -0.2) is 0 Å². The number of aromatic amines is 1. The second kappa shape index (κ2) is 7.92. The van der Waals surface area contributed by atoms with Crippen molar-refractivity contribution in [3.8, 4) is 0 Å². The van der Waals surface area contributed by atoms with E-state index >= 15 is 0 Å². The summed E-state index contributed by atoms with van der Waals surface area (Å²) in [5.74, 6) is 0.384. The van der Waals surface area contributed by atoms with E-state index in [1.54, 1.807) is 24.2 Å². The van der Waals surface area contributed by atoms with Gasteiger partial charge in [-0.05, 0) is 17.7 Å². The standard InChI is InChI=1S/C22H19N5O3S/c1-27-19-8-14-11-23-25-16(14)10-20(19)31-12-18(22(27)29)24-21(28)17-9-15(30-26-17)7-13-5-3-2-4-6-13/h2-6,8-11,18H,7,12H2,1H3,(H,23,25)(H,24,28)/t18-/m0/s1. The summed E-state index contributed by atoms with van der Waals surface area (Å²) in [6, 6.07) is 14.6. The first-order valence-electron chi connectivity index (χ1n) is 9.76. The van der Waals surface area contributed by atoms with Gasteiger partial charge >= 0.3 is 0 Å². The van der Waals surface area contributed by atoms with E-state index in [0.29, 0.717) is 17.9 Å². The quantitative estimate of drug-likeness (QED) is 0.513. The van der Waals surface area contributed by atoms with Crippen LogP contribution in [0.4, 0.5) is 5.69 Å². The normalized spacial score (nSPS) is 16.2. The number of anilines is 1. The van der Waals surface area contributed by atoms with Crippen LogP contribution in [0.5, 0.6) is 0 Å². The summed E-state index contributed by atoms with van der Waals surface area (Å²) >= 11 is 1.52. The molecule has 2 aromatic carbocycles. The van der Waals surface area contributed by atoms with Gasteiger partial charge in [0.1, 0.15) is 11.8 Å². The van der Waals surface area contributed by atoms with Gasteiger partial charge in [0, 0.05) is 35.6 Å². The van der Waals surface area contributed by atoms with Gasteiger partial charge in [0.25, 0.3) is 5.91 Å². The molecule has 31 heavy (non-hydrogen) atoms. The van der Waals surface area contributed by atoms with E-state index in [0.717, 1.165) is 27.0 Å². The molecule has 2 aromatic heterocycles. The molecule has 9 heteroatoms. The van der Waals surface area contributed by atoms with Crippen LogP contribution in [0.2, 0.25) is 0 Å². The van der Waals surface area contributed by atoms with Crippen LogP contribution in [0.1, 0.15) is 21.8 Å². The number of fused-ring (bicyclic) bond motifs is 2. The summed E-state index contributed by atoms with van der Waals surface area (Å²) in [4.78, 5) is 28.3. The highest BCUT2D eigenvalue weighted by Crippen LogP contribution is 2.36. The molecule has 4 aromatic rings. The SMILES string of the molecule is CN1C(=O)[C@@H](NC(=O)c2cc(Cc3ccccc3)on2)CSc2cc3[nH]ncc3cc21. The van der Waals surface area contributed by atoms with Gasteiger partial charge in [0.15, 0.2) is 5.69 Å². The fraction of sp³-hybridized carbons (Fsp3) is 0.182. The minimum Gasteiger partial charge on any atom is -0.360 e. The van der Waals surface area contributed by atoms with Gasteiger partial charge in [-0.2, -0.15) is 5.10 Å². The molecule has 1 aliphatic heterocycles. The number of hydrogen-bond donors (Lipinski definition) is 2. The fourth-order valence-electron chi connectivity index (χ4n) is 3.57. The predicted octanol–water partition coefficient (Wildman–Crippen LogP) is 3.01. The van der Waals surface area contributed by atoms with Crippen LogP contribution in [0.15, 0.2) is 64.1 Å². The minimum absolute atomic E-state index is 0.160. The van der Waals surface area contributed by atoms with E-state index in [-0.39, 0.29) is 11.6 Å². The van der Waals surface area contributed by atoms with Crippen LogP contribution in [-0.4, -0.2) is 46.0 Å². The molecule has 0 aliphatic carbocycles. The van der Waals surface area contributed by atoms with Crippen molar-refractivity contribution in [2.45, 2.75) is 17.4 Å². The summed E-state index contributed by atoms with van der Waals surface area (Å²) < 4.78 is 5.32. The summed E-state index contributed by atoms with van der Waals surface area (Å²) in [5.41, 5.74) is 2.93. The summed E-state index contributed by atoms with van der Waals surface area (Å²) in [7, 11) is 1.71. The second-order valence-corrected chi connectivity index (χ2v) is 8.41. The zero-order chi connectivity index (χ0) is 21.4. The molecule has 0 bridgehead atoms. The van der Waals surface area contributed by atoms with E-state index in [2.05, 4.69) is 20.7 Å². The molecule has 0 fully saturated rings. The number of aromatic nitrogens is 3. The van der Waals surface area contributed by atoms with Crippen LogP contribution in [0, 0.1) is 0 Å². The molecule has 3 heterocycles. The van der Waals surface area contributed by atoms with Crippen LogP contribution >= 0.6 is 11.8 Å². The third-order valence-corrected chi connectivity index (χ3v) is 6.37. The second-order valence-electron chi connectivity index (χ2n) is 7.35. The summed E-state index contributed by atoms with van der Waals surface area (Å²) in [5, 5.41) is 14.6. The van der Waals surface area contributed by atoms with Crippen molar-refractivity contribution in [2.75, 3.05) is 17.7 Å². The van der Waals surface area contributed by atoms with Gasteiger partial charge in [-0.1, -0.05) is 35.5 Å². The Balaban J connectivity index is 1.31. The smallest absolute Gasteiger partial charge is 0.274 e. The van der Waals surface area contributed by atoms with Crippen molar-refractivity contribution in [3.05, 3.63) is 71.7 Å². The Morgan fingerprint density at radius 2 is 2.13 bits per heavy atom. The number of nitrogens with one attached hydrogen (secondary N) is 2. The van der Waals surface area contributed by atoms with Crippen LogP contribution < -0.4 is 10.2 Å². The molecule has 1 atom stereocenters. The molecule has 8 nitrogen and oxygen atoms in total. The lowest BCUT2D eigenvalue weighted by Gasteiger charge is -2.21. The maximum atomic E-state index is 13.0. The summed E-state index contributed by atoms with van der Waals surface area (Å²) in [6.07, 6.45) is 2.26. The first-order valence-corrected chi connectivity index (χ1v) is 10.7. The van der Waals surface area contributed by atoms with Crippen molar-refractivity contribution >= 4 is 40.2 Å². The van der Waals surface area contributed by atoms with Gasteiger partial charge in [-0.3, -0.25) is 14.7 Å². The predicted molar refractivity (Wildman–Crippen MR) is 117 cm³/mol. The van der Waals surface area contributed by atoms with Crippen molar-refractivity contribution in [1.29, 1.82) is 0 Å². The molecule has 2 N–H and O–H groups in total. The number of benzene rings is 2. The Bertz CT molecular complexity index is 1270. The van der Waals surface area contributed by atoms with E-state index in [1.165, 1.54) is 11.8 Å². The lowest BCUT2D eigenvalue weighted by Crippen LogP contribution is -2.48. The van der Waals surface area contributed by atoms with E-state index in [9.17, 15) is 9.59 Å². The zero-order valence-electron chi connectivity index (χ0n) is 16.7. The number of nitrogens with zero attached hydrogens (tertiary/aromatic N) is 3. The molecular formula is C22H19N5O3S. The minimum atomic E-state index is -0.680. The number of hydrogen-bond acceptors (Lipinski definition) is 6. The molecule has 156 valence electrons. The number of thioether (sulfide) groups is 1. The molecule has 2 amide bonds. The van der Waals surface area contributed by atoms with Crippen molar-refractivity contribution in [2.24, 2.45) is 0 Å². The van der Waals surface area contributed by atoms with Crippen LogP contribution in [0.25, 0.3) is 10.9 Å². The maximum Gasteiger partial charge on any atom is 0.274 e. The molecule has 0 unspecified atom stereocenters. The van der Waals surface area contributed by atoms with Crippen molar-refractivity contribution < 1.29 is 14.1 Å². The highest BCUT2D eigenvalue weighted by Gasteiger charge is 2.31. The number of carbonyl (C=O) groups is 2. The van der Waals surface area contributed by atoms with Gasteiger partial charge < -0.3 is 14.7 Å². The van der Waals surface area contributed by atoms with E-state index in [4.69, 9.17) is 4.52 Å². The number of amides is 2. The van der Waals surface area contributed by atoms with Crippen molar-refractivity contribution in [3.63, 3.8) is 0 Å². The Morgan fingerprint density at radius 1 is 1.29 bits per heavy atom. The van der Waals surface area contributed by atoms with Gasteiger partial charge in [0.2, 0.25) is 5.91 Å². The first kappa shape index (κ1) is 19.4. The number of likely N-dealkylation sites (N-methyl/N-ethyl adjacent to an activating group) is 1. The highest BCUT2D eigenvalue weighted by molar-refractivity contribution is 7.99. The maximum absolute atomic E-state index is 13.0. The fourth-order valence-corrected chi connectivity index (χ4v) is 4.69. The number of carbonyl (C=O) groups excluding carboxylic acids is 2. The molecule has 0 spiro atoms. The van der Waals surface area contributed by atoms with Crippen LogP contribution in [-0.2, 0) is 11.2 Å². The average molecular weight is 433 g/mol. The molecule has 1 aliphatic rings. The third-order valence-electron chi connectivity index (χ3n) is 5.23. The third kappa shape index (κ3) is 3.79. The lowest BCUT2D eigenvalue weighted by atomic mass is 10.1. The summed E-state index contributed by atoms with van der Waals surface area (Å²) in [6.45, 7) is 0. The number of rotatable bonds is 4. The zero-order valence-corrected chi connectivity index (χ0v) is 17.5. The Hall–Kier alpha value is -3.59. The van der Waals surface area contributed by atoms with Crippen molar-refractivity contribution in [1.82, 2.24) is 20.7 Å². The largest absolute Gasteiger partial charge is 0.360 e. The molecule has 0 saturated heterocycles. The molecule has 0 radical (unpaired) electrons. The molecule has 0 saturated carbocycles. The topological polar surface area (TPSA) is 104 Å². The Kier molecular flexibility index (Phi) is 4.95. The Labute approximate surface area is 182 Å². The molecule has 5 rings (SSSR count). The monoisotopic (exact) mass is 433 g/mol. The first-order chi connectivity index (χ1) is 15.1.